The van der Waals surface area contributed by atoms with Gasteiger partial charge in [-0.25, -0.2) is 9.37 Å². The number of Topliss-reactive ketones (excluding diaryl/α,β-unsaturated/α-hetero) is 1. The van der Waals surface area contributed by atoms with Gasteiger partial charge in [0, 0.05) is 64.1 Å². The van der Waals surface area contributed by atoms with Crippen LogP contribution in [0.1, 0.15) is 22.8 Å². The summed E-state index contributed by atoms with van der Waals surface area (Å²) in [5.41, 5.74) is -0.0224. The Labute approximate surface area is 200 Å². The number of pyridine rings is 1. The summed E-state index contributed by atoms with van der Waals surface area (Å²) < 4.78 is 52.6. The number of rotatable bonds is 5. The molecule has 2 fully saturated rings. The third kappa shape index (κ3) is 5.90. The van der Waals surface area contributed by atoms with Crippen LogP contribution in [0.4, 0.5) is 29.1 Å². The molecule has 35 heavy (non-hydrogen) atoms. The average molecular weight is 494 g/mol. The second-order valence-electron chi connectivity index (χ2n) is 8.76. The highest BCUT2D eigenvalue weighted by atomic mass is 19.4. The minimum Gasteiger partial charge on any atom is -0.366 e. The summed E-state index contributed by atoms with van der Waals surface area (Å²) in [6, 6.07) is 6.86. The summed E-state index contributed by atoms with van der Waals surface area (Å²) in [4.78, 5) is 35.7. The number of alkyl halides is 3. The zero-order valence-electron chi connectivity index (χ0n) is 19.4. The first-order valence-electron chi connectivity index (χ1n) is 11.5. The van der Waals surface area contributed by atoms with Gasteiger partial charge >= 0.3 is 6.18 Å². The van der Waals surface area contributed by atoms with E-state index in [4.69, 9.17) is 0 Å². The molecule has 0 N–H and O–H groups in total. The molecule has 0 aliphatic carbocycles. The van der Waals surface area contributed by atoms with Crippen molar-refractivity contribution in [3.63, 3.8) is 0 Å². The van der Waals surface area contributed by atoms with Gasteiger partial charge in [-0.2, -0.15) is 13.2 Å². The zero-order chi connectivity index (χ0) is 25.2. The van der Waals surface area contributed by atoms with Crippen molar-refractivity contribution in [3.8, 4) is 0 Å². The summed E-state index contributed by atoms with van der Waals surface area (Å²) in [5.74, 6) is -0.151. The van der Waals surface area contributed by atoms with Crippen LogP contribution in [-0.4, -0.2) is 85.4 Å². The lowest BCUT2D eigenvalue weighted by Crippen LogP contribution is -2.54. The molecule has 0 atom stereocenters. The summed E-state index contributed by atoms with van der Waals surface area (Å²) in [6.07, 6.45) is -3.57. The molecule has 0 spiro atoms. The van der Waals surface area contributed by atoms with Gasteiger partial charge < -0.3 is 14.7 Å². The maximum atomic E-state index is 14.4. The predicted molar refractivity (Wildman–Crippen MR) is 123 cm³/mol. The minimum absolute atomic E-state index is 0.00171. The second kappa shape index (κ2) is 10.2. The Kier molecular flexibility index (Phi) is 7.25. The molecule has 0 unspecified atom stereocenters. The Balaban J connectivity index is 1.24. The van der Waals surface area contributed by atoms with Gasteiger partial charge in [0.2, 0.25) is 5.91 Å². The van der Waals surface area contributed by atoms with Gasteiger partial charge in [0.1, 0.15) is 11.6 Å². The number of halogens is 4. The van der Waals surface area contributed by atoms with Gasteiger partial charge in [-0.15, -0.1) is 0 Å². The van der Waals surface area contributed by atoms with E-state index in [1.807, 2.05) is 14.7 Å². The number of benzene rings is 1. The molecule has 3 heterocycles. The van der Waals surface area contributed by atoms with Crippen molar-refractivity contribution in [2.45, 2.75) is 13.1 Å². The second-order valence-corrected chi connectivity index (χ2v) is 8.76. The van der Waals surface area contributed by atoms with Gasteiger partial charge in [0.15, 0.2) is 5.78 Å². The minimum atomic E-state index is -4.41. The summed E-state index contributed by atoms with van der Waals surface area (Å²) in [6.45, 7) is 5.92. The molecule has 2 aromatic rings. The number of piperazine rings is 2. The first-order valence-corrected chi connectivity index (χ1v) is 11.5. The van der Waals surface area contributed by atoms with Crippen LogP contribution in [0.5, 0.6) is 0 Å². The van der Waals surface area contributed by atoms with Crippen LogP contribution < -0.4 is 9.80 Å². The molecular weight excluding hydrogens is 466 g/mol. The summed E-state index contributed by atoms with van der Waals surface area (Å²) in [5, 5.41) is 0. The van der Waals surface area contributed by atoms with Gasteiger partial charge in [-0.1, -0.05) is 0 Å². The summed E-state index contributed by atoms with van der Waals surface area (Å²) in [7, 11) is 0. The molecule has 188 valence electrons. The monoisotopic (exact) mass is 493 g/mol. The number of carbonyl (C=O) groups is 2. The fraction of sp³-hybridized carbons (Fsp3) is 0.458. The fourth-order valence-electron chi connectivity index (χ4n) is 4.35. The normalized spacial score (nSPS) is 17.6. The lowest BCUT2D eigenvalue weighted by atomic mass is 10.1. The number of hydrogen-bond donors (Lipinski definition) is 0. The lowest BCUT2D eigenvalue weighted by molar-refractivity contribution is -0.137. The third-order valence-electron chi connectivity index (χ3n) is 6.46. The predicted octanol–water partition coefficient (Wildman–Crippen LogP) is 2.91. The van der Waals surface area contributed by atoms with Crippen molar-refractivity contribution in [3.05, 3.63) is 53.5 Å². The Morgan fingerprint density at radius 2 is 1.57 bits per heavy atom. The number of ketones is 1. The fourth-order valence-corrected chi connectivity index (χ4v) is 4.35. The molecular formula is C24H27F4N5O2. The average Bonchev–Trinajstić information content (AvgIpc) is 2.84. The van der Waals surface area contributed by atoms with Crippen molar-refractivity contribution in [1.82, 2.24) is 14.8 Å². The van der Waals surface area contributed by atoms with E-state index < -0.39 is 17.6 Å². The van der Waals surface area contributed by atoms with Crippen LogP contribution in [0.2, 0.25) is 0 Å². The molecule has 0 radical (unpaired) electrons. The maximum Gasteiger partial charge on any atom is 0.417 e. The van der Waals surface area contributed by atoms with E-state index in [-0.39, 0.29) is 18.2 Å². The molecule has 1 amide bonds. The molecule has 0 saturated carbocycles. The number of nitrogens with zero attached hydrogens (tertiary/aromatic N) is 5. The van der Waals surface area contributed by atoms with Crippen molar-refractivity contribution in [2.24, 2.45) is 0 Å². The van der Waals surface area contributed by atoms with E-state index in [0.717, 1.165) is 12.3 Å². The number of carbonyl (C=O) groups excluding carboxylic acids is 2. The number of amides is 1. The van der Waals surface area contributed by atoms with Gasteiger partial charge in [0.05, 0.1) is 17.8 Å². The van der Waals surface area contributed by atoms with Crippen LogP contribution in [0, 0.1) is 5.82 Å². The molecule has 2 aliphatic rings. The van der Waals surface area contributed by atoms with Crippen LogP contribution in [-0.2, 0) is 11.0 Å². The lowest BCUT2D eigenvalue weighted by Gasteiger charge is -2.39. The maximum absolute atomic E-state index is 14.4. The van der Waals surface area contributed by atoms with E-state index in [1.165, 1.54) is 19.1 Å². The van der Waals surface area contributed by atoms with E-state index in [1.54, 1.807) is 17.0 Å². The van der Waals surface area contributed by atoms with E-state index in [9.17, 15) is 27.2 Å². The number of anilines is 2. The Hall–Kier alpha value is -3.21. The Morgan fingerprint density at radius 3 is 2.11 bits per heavy atom. The van der Waals surface area contributed by atoms with E-state index in [2.05, 4.69) is 4.98 Å². The van der Waals surface area contributed by atoms with E-state index >= 15 is 0 Å². The highest BCUT2D eigenvalue weighted by Gasteiger charge is 2.31. The molecule has 2 aliphatic heterocycles. The molecule has 1 aromatic carbocycles. The van der Waals surface area contributed by atoms with Crippen molar-refractivity contribution < 1.29 is 27.2 Å². The van der Waals surface area contributed by atoms with Gasteiger partial charge in [0.25, 0.3) is 0 Å². The van der Waals surface area contributed by atoms with Crippen LogP contribution >= 0.6 is 0 Å². The van der Waals surface area contributed by atoms with Crippen molar-refractivity contribution >= 4 is 23.2 Å². The number of aromatic nitrogens is 1. The van der Waals surface area contributed by atoms with E-state index in [0.29, 0.717) is 69.4 Å². The SMILES string of the molecule is CC(=O)c1ccc(N2CCN(C(=O)CN3CCN(c4ccc(C(F)(F)F)cn4)CC3)CC2)c(F)c1. The first kappa shape index (κ1) is 24.9. The van der Waals surface area contributed by atoms with Gasteiger partial charge in [-0.3, -0.25) is 14.5 Å². The van der Waals surface area contributed by atoms with Crippen LogP contribution in [0.15, 0.2) is 36.5 Å². The smallest absolute Gasteiger partial charge is 0.366 e. The van der Waals surface area contributed by atoms with Crippen molar-refractivity contribution in [2.75, 3.05) is 68.7 Å². The summed E-state index contributed by atoms with van der Waals surface area (Å²) >= 11 is 0. The third-order valence-corrected chi connectivity index (χ3v) is 6.46. The Morgan fingerprint density at radius 1 is 0.914 bits per heavy atom. The highest BCUT2D eigenvalue weighted by Crippen LogP contribution is 2.29. The highest BCUT2D eigenvalue weighted by molar-refractivity contribution is 5.94. The number of hydrogen-bond acceptors (Lipinski definition) is 6. The molecule has 2 saturated heterocycles. The molecule has 4 rings (SSSR count). The molecule has 0 bridgehead atoms. The van der Waals surface area contributed by atoms with Gasteiger partial charge in [-0.05, 0) is 37.3 Å². The molecule has 11 heteroatoms. The quantitative estimate of drug-likeness (QED) is 0.472. The topological polar surface area (TPSA) is 60.0 Å². The zero-order valence-corrected chi connectivity index (χ0v) is 19.4. The molecule has 1 aromatic heterocycles. The van der Waals surface area contributed by atoms with Crippen molar-refractivity contribution in [1.29, 1.82) is 0 Å². The Bertz CT molecular complexity index is 1060. The molecule has 7 nitrogen and oxygen atoms in total. The largest absolute Gasteiger partial charge is 0.417 e. The van der Waals surface area contributed by atoms with Crippen LogP contribution in [0.25, 0.3) is 0 Å². The first-order chi connectivity index (χ1) is 16.6. The standard InChI is InChI=1S/C24H27F4N5O2/c1-17(34)18-2-4-21(20(25)14-18)31-10-12-33(13-11-31)23(35)16-30-6-8-32(9-7-30)22-5-3-19(15-29-22)24(26,27)28/h2-5,14-15H,6-13,16H2,1H3. The van der Waals surface area contributed by atoms with Crippen LogP contribution in [0.3, 0.4) is 0 Å².